The second kappa shape index (κ2) is 8.56. The smallest absolute Gasteiger partial charge is 0.410 e. The number of rotatable bonds is 4. The lowest BCUT2D eigenvalue weighted by molar-refractivity contribution is -0.174. The standard InChI is InChI=1S/C20H17Br2F3N4O3/c1-9(30)10-3-2-4-11(7-10)26-19(31)17-16(22)18-27-12(13-5-6-15(21)32-13)8-14(20(23,24)25)29(18)28-17/h2-7,9,12,14,27,30H,8H2,1H3,(H,26,31)/t9-,12+,14-/m0/s1. The number of amides is 1. The fourth-order valence-electron chi connectivity index (χ4n) is 3.50. The van der Waals surface area contributed by atoms with Gasteiger partial charge in [0.05, 0.1) is 16.6 Å². The maximum absolute atomic E-state index is 13.9. The summed E-state index contributed by atoms with van der Waals surface area (Å²) in [5, 5.41) is 19.3. The van der Waals surface area contributed by atoms with Crippen molar-refractivity contribution in [1.82, 2.24) is 9.78 Å². The number of nitrogens with zero attached hydrogens (tertiary/aromatic N) is 2. The Bertz CT molecular complexity index is 1160. The molecule has 3 N–H and O–H groups in total. The van der Waals surface area contributed by atoms with Gasteiger partial charge in [0.25, 0.3) is 5.91 Å². The third-order valence-corrected chi connectivity index (χ3v) is 6.25. The third-order valence-electron chi connectivity index (χ3n) is 5.08. The van der Waals surface area contributed by atoms with Crippen LogP contribution in [0.15, 0.2) is 50.0 Å². The predicted molar refractivity (Wildman–Crippen MR) is 117 cm³/mol. The molecule has 0 saturated carbocycles. The van der Waals surface area contributed by atoms with Crippen molar-refractivity contribution in [2.45, 2.75) is 37.7 Å². The molecule has 0 saturated heterocycles. The van der Waals surface area contributed by atoms with Crippen molar-refractivity contribution >= 4 is 49.3 Å². The number of furan rings is 1. The monoisotopic (exact) mass is 576 g/mol. The molecule has 170 valence electrons. The molecule has 4 rings (SSSR count). The van der Waals surface area contributed by atoms with E-state index < -0.39 is 30.3 Å². The molecule has 0 aliphatic carbocycles. The summed E-state index contributed by atoms with van der Waals surface area (Å²) in [6, 6.07) is 6.98. The van der Waals surface area contributed by atoms with Crippen LogP contribution < -0.4 is 10.6 Å². The van der Waals surface area contributed by atoms with Crippen molar-refractivity contribution in [2.75, 3.05) is 10.6 Å². The zero-order valence-corrected chi connectivity index (χ0v) is 19.6. The van der Waals surface area contributed by atoms with Crippen molar-refractivity contribution in [1.29, 1.82) is 0 Å². The van der Waals surface area contributed by atoms with Crippen molar-refractivity contribution in [3.8, 4) is 0 Å². The van der Waals surface area contributed by atoms with Crippen LogP contribution in [0.4, 0.5) is 24.7 Å². The zero-order valence-electron chi connectivity index (χ0n) is 16.5. The van der Waals surface area contributed by atoms with E-state index in [1.54, 1.807) is 43.3 Å². The first-order valence-electron chi connectivity index (χ1n) is 9.50. The van der Waals surface area contributed by atoms with Crippen LogP contribution in [0.2, 0.25) is 0 Å². The summed E-state index contributed by atoms with van der Waals surface area (Å²) >= 11 is 6.39. The number of aromatic nitrogens is 2. The molecular formula is C20H17Br2F3N4O3. The second-order valence-electron chi connectivity index (χ2n) is 7.34. The van der Waals surface area contributed by atoms with Gasteiger partial charge in [-0.25, -0.2) is 4.68 Å². The number of alkyl halides is 3. The molecule has 1 aromatic carbocycles. The van der Waals surface area contributed by atoms with Crippen LogP contribution in [0.5, 0.6) is 0 Å². The number of hydrogen-bond donors (Lipinski definition) is 3. The van der Waals surface area contributed by atoms with Crippen LogP contribution in [0, 0.1) is 0 Å². The number of hydrogen-bond acceptors (Lipinski definition) is 5. The van der Waals surface area contributed by atoms with Gasteiger partial charge in [-0.1, -0.05) is 12.1 Å². The van der Waals surface area contributed by atoms with Gasteiger partial charge >= 0.3 is 6.18 Å². The summed E-state index contributed by atoms with van der Waals surface area (Å²) in [4.78, 5) is 12.8. The van der Waals surface area contributed by atoms with E-state index in [9.17, 15) is 23.1 Å². The van der Waals surface area contributed by atoms with Crippen molar-refractivity contribution in [2.24, 2.45) is 0 Å². The SMILES string of the molecule is C[C@H](O)c1cccc(NC(=O)c2nn3c(c2Br)N[C@@H](c2ccc(Br)o2)C[C@H]3C(F)(F)F)c1. The number of halogens is 5. The normalized spacial score (nSPS) is 19.2. The van der Waals surface area contributed by atoms with Crippen molar-refractivity contribution in [3.05, 3.63) is 62.6 Å². The lowest BCUT2D eigenvalue weighted by Crippen LogP contribution is -2.35. The van der Waals surface area contributed by atoms with Crippen LogP contribution in [0.3, 0.4) is 0 Å². The van der Waals surface area contributed by atoms with Crippen LogP contribution in [0.1, 0.15) is 53.3 Å². The molecule has 0 bridgehead atoms. The Balaban J connectivity index is 1.67. The average Bonchev–Trinajstić information content (AvgIpc) is 3.30. The molecule has 3 atom stereocenters. The first-order valence-corrected chi connectivity index (χ1v) is 11.1. The lowest BCUT2D eigenvalue weighted by Gasteiger charge is -2.32. The highest BCUT2D eigenvalue weighted by Crippen LogP contribution is 2.46. The van der Waals surface area contributed by atoms with Crippen LogP contribution >= 0.6 is 31.9 Å². The predicted octanol–water partition coefficient (Wildman–Crippen LogP) is 5.97. The van der Waals surface area contributed by atoms with E-state index >= 15 is 0 Å². The first-order chi connectivity index (χ1) is 15.0. The Morgan fingerprint density at radius 1 is 1.34 bits per heavy atom. The van der Waals surface area contributed by atoms with Gasteiger partial charge in [-0.2, -0.15) is 18.3 Å². The number of aliphatic hydroxyl groups is 1. The molecule has 32 heavy (non-hydrogen) atoms. The van der Waals surface area contributed by atoms with Gasteiger partial charge in [0.15, 0.2) is 16.4 Å². The molecule has 1 aliphatic rings. The summed E-state index contributed by atoms with van der Waals surface area (Å²) in [5.74, 6) is -0.341. The van der Waals surface area contributed by atoms with E-state index in [4.69, 9.17) is 4.42 Å². The molecule has 12 heteroatoms. The molecule has 0 spiro atoms. The number of carbonyl (C=O) groups is 1. The molecule has 1 amide bonds. The highest BCUT2D eigenvalue weighted by molar-refractivity contribution is 9.10. The molecule has 7 nitrogen and oxygen atoms in total. The maximum Gasteiger partial charge on any atom is 0.410 e. The minimum Gasteiger partial charge on any atom is -0.452 e. The quantitative estimate of drug-likeness (QED) is 0.355. The van der Waals surface area contributed by atoms with Gasteiger partial charge in [-0.05, 0) is 68.6 Å². The van der Waals surface area contributed by atoms with Gasteiger partial charge < -0.3 is 20.2 Å². The number of aliphatic hydroxyl groups excluding tert-OH is 1. The highest BCUT2D eigenvalue weighted by Gasteiger charge is 2.48. The molecule has 0 unspecified atom stereocenters. The summed E-state index contributed by atoms with van der Waals surface area (Å²) in [7, 11) is 0. The fraction of sp³-hybridized carbons (Fsp3) is 0.300. The van der Waals surface area contributed by atoms with E-state index in [1.165, 1.54) is 0 Å². The van der Waals surface area contributed by atoms with E-state index in [2.05, 4.69) is 47.6 Å². The molecule has 2 aromatic heterocycles. The third kappa shape index (κ3) is 4.44. The zero-order chi connectivity index (χ0) is 23.2. The Morgan fingerprint density at radius 3 is 2.72 bits per heavy atom. The number of carbonyl (C=O) groups excluding carboxylic acids is 1. The Labute approximate surface area is 197 Å². The first kappa shape index (κ1) is 22.9. The van der Waals surface area contributed by atoms with Gasteiger partial charge in [-0.15, -0.1) is 0 Å². The lowest BCUT2D eigenvalue weighted by atomic mass is 10.0. The Kier molecular flexibility index (Phi) is 6.12. The van der Waals surface area contributed by atoms with Crippen LogP contribution in [-0.4, -0.2) is 27.0 Å². The average molecular weight is 578 g/mol. The minimum atomic E-state index is -4.59. The summed E-state index contributed by atoms with van der Waals surface area (Å²) < 4.78 is 48.3. The number of fused-ring (bicyclic) bond motifs is 1. The second-order valence-corrected chi connectivity index (χ2v) is 8.92. The van der Waals surface area contributed by atoms with Crippen molar-refractivity contribution in [3.63, 3.8) is 0 Å². The molecule has 1 aliphatic heterocycles. The van der Waals surface area contributed by atoms with E-state index in [0.717, 1.165) is 4.68 Å². The maximum atomic E-state index is 13.9. The van der Waals surface area contributed by atoms with Gasteiger partial charge in [-0.3, -0.25) is 4.79 Å². The van der Waals surface area contributed by atoms with Gasteiger partial charge in [0.1, 0.15) is 11.6 Å². The van der Waals surface area contributed by atoms with Crippen molar-refractivity contribution < 1.29 is 27.5 Å². The fourth-order valence-corrected chi connectivity index (χ4v) is 4.38. The number of anilines is 2. The van der Waals surface area contributed by atoms with Crippen LogP contribution in [-0.2, 0) is 0 Å². The topological polar surface area (TPSA) is 92.3 Å². The molecule has 0 fully saturated rings. The highest BCUT2D eigenvalue weighted by atomic mass is 79.9. The number of benzene rings is 1. The minimum absolute atomic E-state index is 0.0268. The Morgan fingerprint density at radius 2 is 2.09 bits per heavy atom. The van der Waals surface area contributed by atoms with E-state index in [0.29, 0.717) is 21.7 Å². The van der Waals surface area contributed by atoms with E-state index in [1.807, 2.05) is 0 Å². The summed E-state index contributed by atoms with van der Waals surface area (Å²) in [5.41, 5.74) is 0.757. The van der Waals surface area contributed by atoms with Gasteiger partial charge in [0, 0.05) is 12.1 Å². The van der Waals surface area contributed by atoms with E-state index in [-0.39, 0.29) is 22.4 Å². The summed E-state index contributed by atoms with van der Waals surface area (Å²) in [6.45, 7) is 1.58. The molecular weight excluding hydrogens is 561 g/mol. The van der Waals surface area contributed by atoms with Crippen LogP contribution in [0.25, 0.3) is 0 Å². The molecule has 0 radical (unpaired) electrons. The Hall–Kier alpha value is -2.31. The number of nitrogens with one attached hydrogen (secondary N) is 2. The molecule has 3 heterocycles. The summed E-state index contributed by atoms with van der Waals surface area (Å²) in [6.07, 6.45) is -5.69. The van der Waals surface area contributed by atoms with Gasteiger partial charge in [0.2, 0.25) is 0 Å². The largest absolute Gasteiger partial charge is 0.452 e. The molecule has 3 aromatic rings.